The largest absolute Gasteiger partial charge is 0.375 e. The molecule has 0 aliphatic carbocycles. The number of hydrogen-bond acceptors (Lipinski definition) is 4. The first-order chi connectivity index (χ1) is 10.7. The van der Waals surface area contributed by atoms with Crippen LogP contribution in [0.1, 0.15) is 28.2 Å². The second kappa shape index (κ2) is 6.75. The number of benzene rings is 1. The summed E-state index contributed by atoms with van der Waals surface area (Å²) in [6, 6.07) is 12.0. The molecule has 2 aromatic rings. The third-order valence-electron chi connectivity index (χ3n) is 3.86. The number of morpholine rings is 1. The number of ether oxygens (including phenoxy) is 1. The molecular formula is C17H20N2O3. The highest BCUT2D eigenvalue weighted by atomic mass is 16.5. The molecule has 1 aliphatic heterocycles. The summed E-state index contributed by atoms with van der Waals surface area (Å²) in [4.78, 5) is 14.2. The quantitative estimate of drug-likeness (QED) is 0.870. The Morgan fingerprint density at radius 3 is 2.91 bits per heavy atom. The lowest BCUT2D eigenvalue weighted by molar-refractivity contribution is -0.0257. The topological polar surface area (TPSA) is 55.6 Å². The summed E-state index contributed by atoms with van der Waals surface area (Å²) in [7, 11) is 0. The maximum absolute atomic E-state index is 12.4. The number of carbonyl (C=O) groups excluding carboxylic acids is 1. The molecular weight excluding hydrogens is 280 g/mol. The summed E-state index contributed by atoms with van der Waals surface area (Å²) in [6.45, 7) is 3.58. The first kappa shape index (κ1) is 14.8. The molecule has 0 radical (unpaired) electrons. The zero-order valence-electron chi connectivity index (χ0n) is 12.7. The molecule has 0 bridgehead atoms. The van der Waals surface area contributed by atoms with Gasteiger partial charge in [0, 0.05) is 19.2 Å². The van der Waals surface area contributed by atoms with Gasteiger partial charge in [0.15, 0.2) is 0 Å². The van der Waals surface area contributed by atoms with Crippen molar-refractivity contribution >= 4 is 5.91 Å². The van der Waals surface area contributed by atoms with Gasteiger partial charge in [-0.25, -0.2) is 0 Å². The third kappa shape index (κ3) is 3.54. The van der Waals surface area contributed by atoms with E-state index in [4.69, 9.17) is 9.26 Å². The first-order valence-electron chi connectivity index (χ1n) is 7.60. The Balaban J connectivity index is 1.56. The van der Waals surface area contributed by atoms with Gasteiger partial charge in [-0.05, 0) is 25.3 Å². The van der Waals surface area contributed by atoms with Crippen LogP contribution in [-0.2, 0) is 11.2 Å². The molecule has 1 atom stereocenters. The summed E-state index contributed by atoms with van der Waals surface area (Å²) in [6.07, 6.45) is 1.93. The molecule has 5 nitrogen and oxygen atoms in total. The van der Waals surface area contributed by atoms with Gasteiger partial charge in [0.05, 0.1) is 18.4 Å². The van der Waals surface area contributed by atoms with Crippen molar-refractivity contribution in [2.24, 2.45) is 0 Å². The Kier molecular flexibility index (Phi) is 4.53. The van der Waals surface area contributed by atoms with E-state index in [0.717, 1.165) is 18.5 Å². The molecule has 1 fully saturated rings. The highest BCUT2D eigenvalue weighted by Crippen LogP contribution is 2.15. The van der Waals surface area contributed by atoms with Crippen LogP contribution in [0, 0.1) is 6.92 Å². The molecule has 1 aromatic carbocycles. The molecule has 1 saturated heterocycles. The lowest BCUT2D eigenvalue weighted by Crippen LogP contribution is -2.45. The fourth-order valence-electron chi connectivity index (χ4n) is 2.67. The normalized spacial score (nSPS) is 18.4. The van der Waals surface area contributed by atoms with Gasteiger partial charge in [-0.3, -0.25) is 4.79 Å². The van der Waals surface area contributed by atoms with Crippen LogP contribution in [0.25, 0.3) is 0 Å². The number of amides is 1. The van der Waals surface area contributed by atoms with E-state index >= 15 is 0 Å². The lowest BCUT2D eigenvalue weighted by atomic mass is 10.1. The molecule has 0 saturated carbocycles. The molecule has 5 heteroatoms. The van der Waals surface area contributed by atoms with Crippen LogP contribution in [-0.4, -0.2) is 41.8 Å². The zero-order valence-corrected chi connectivity index (χ0v) is 12.7. The standard InChI is InChI=1S/C17H20N2O3/c1-13-11-16(22-18-13)17(20)19-9-10-21-15(12-19)8-7-14-5-3-2-4-6-14/h2-6,11,15H,7-10,12H2,1H3. The Bertz CT molecular complexity index is 624. The maximum atomic E-state index is 12.4. The average Bonchev–Trinajstić information content (AvgIpc) is 3.00. The average molecular weight is 300 g/mol. The van der Waals surface area contributed by atoms with Gasteiger partial charge >= 0.3 is 0 Å². The molecule has 22 heavy (non-hydrogen) atoms. The van der Waals surface area contributed by atoms with E-state index in [1.165, 1.54) is 5.56 Å². The van der Waals surface area contributed by atoms with E-state index in [1.807, 2.05) is 25.1 Å². The van der Waals surface area contributed by atoms with Gasteiger partial charge in [0.2, 0.25) is 5.76 Å². The van der Waals surface area contributed by atoms with Crippen molar-refractivity contribution in [1.82, 2.24) is 10.1 Å². The monoisotopic (exact) mass is 300 g/mol. The Morgan fingerprint density at radius 1 is 1.36 bits per heavy atom. The first-order valence-corrected chi connectivity index (χ1v) is 7.60. The fraction of sp³-hybridized carbons (Fsp3) is 0.412. The van der Waals surface area contributed by atoms with Crippen LogP contribution in [0.2, 0.25) is 0 Å². The van der Waals surface area contributed by atoms with Crippen molar-refractivity contribution in [2.45, 2.75) is 25.9 Å². The number of aryl methyl sites for hydroxylation is 2. The molecule has 2 heterocycles. The van der Waals surface area contributed by atoms with Crippen LogP contribution in [0.5, 0.6) is 0 Å². The smallest absolute Gasteiger partial charge is 0.292 e. The Hall–Kier alpha value is -2.14. The summed E-state index contributed by atoms with van der Waals surface area (Å²) in [5.41, 5.74) is 2.01. The van der Waals surface area contributed by atoms with Crippen LogP contribution >= 0.6 is 0 Å². The van der Waals surface area contributed by atoms with Crippen molar-refractivity contribution in [2.75, 3.05) is 19.7 Å². The molecule has 1 unspecified atom stereocenters. The van der Waals surface area contributed by atoms with E-state index < -0.39 is 0 Å². The van der Waals surface area contributed by atoms with E-state index in [9.17, 15) is 4.79 Å². The van der Waals surface area contributed by atoms with Gasteiger partial charge in [0.25, 0.3) is 5.91 Å². The van der Waals surface area contributed by atoms with Crippen molar-refractivity contribution in [3.63, 3.8) is 0 Å². The zero-order chi connectivity index (χ0) is 15.4. The highest BCUT2D eigenvalue weighted by molar-refractivity contribution is 5.91. The van der Waals surface area contributed by atoms with Crippen LogP contribution in [0.15, 0.2) is 40.9 Å². The maximum Gasteiger partial charge on any atom is 0.292 e. The molecule has 1 aliphatic rings. The number of aromatic nitrogens is 1. The minimum absolute atomic E-state index is 0.0712. The van der Waals surface area contributed by atoms with Crippen molar-refractivity contribution in [1.29, 1.82) is 0 Å². The van der Waals surface area contributed by atoms with Crippen LogP contribution in [0.4, 0.5) is 0 Å². The van der Waals surface area contributed by atoms with Crippen molar-refractivity contribution < 1.29 is 14.1 Å². The number of hydrogen-bond donors (Lipinski definition) is 0. The number of nitrogens with zero attached hydrogens (tertiary/aromatic N) is 2. The SMILES string of the molecule is Cc1cc(C(=O)N2CCOC(CCc3ccccc3)C2)on1. The lowest BCUT2D eigenvalue weighted by Gasteiger charge is -2.32. The molecule has 0 spiro atoms. The summed E-state index contributed by atoms with van der Waals surface area (Å²) in [5.74, 6) is 0.204. The van der Waals surface area contributed by atoms with Crippen LogP contribution in [0.3, 0.4) is 0 Å². The predicted octanol–water partition coefficient (Wildman–Crippen LogP) is 2.46. The Labute approximate surface area is 129 Å². The number of rotatable bonds is 4. The minimum atomic E-state index is -0.103. The van der Waals surface area contributed by atoms with Gasteiger partial charge in [-0.1, -0.05) is 35.5 Å². The van der Waals surface area contributed by atoms with Gasteiger partial charge in [-0.2, -0.15) is 0 Å². The summed E-state index contributed by atoms with van der Waals surface area (Å²) in [5, 5.41) is 3.77. The van der Waals surface area contributed by atoms with E-state index in [2.05, 4.69) is 17.3 Å². The van der Waals surface area contributed by atoms with Crippen LogP contribution < -0.4 is 0 Å². The summed E-state index contributed by atoms with van der Waals surface area (Å²) >= 11 is 0. The van der Waals surface area contributed by atoms with Crippen molar-refractivity contribution in [3.8, 4) is 0 Å². The highest BCUT2D eigenvalue weighted by Gasteiger charge is 2.27. The fourth-order valence-corrected chi connectivity index (χ4v) is 2.67. The van der Waals surface area contributed by atoms with E-state index in [0.29, 0.717) is 25.5 Å². The molecule has 1 aromatic heterocycles. The Morgan fingerprint density at radius 2 is 2.18 bits per heavy atom. The minimum Gasteiger partial charge on any atom is -0.375 e. The predicted molar refractivity (Wildman–Crippen MR) is 81.6 cm³/mol. The van der Waals surface area contributed by atoms with E-state index in [-0.39, 0.29) is 12.0 Å². The molecule has 0 N–H and O–H groups in total. The molecule has 1 amide bonds. The molecule has 116 valence electrons. The van der Waals surface area contributed by atoms with Gasteiger partial charge < -0.3 is 14.2 Å². The second-order valence-corrected chi connectivity index (χ2v) is 5.60. The third-order valence-corrected chi connectivity index (χ3v) is 3.86. The van der Waals surface area contributed by atoms with Crippen molar-refractivity contribution in [3.05, 3.63) is 53.4 Å². The molecule has 3 rings (SSSR count). The van der Waals surface area contributed by atoms with Gasteiger partial charge in [0.1, 0.15) is 0 Å². The van der Waals surface area contributed by atoms with E-state index in [1.54, 1.807) is 11.0 Å². The number of carbonyl (C=O) groups is 1. The summed E-state index contributed by atoms with van der Waals surface area (Å²) < 4.78 is 10.8. The second-order valence-electron chi connectivity index (χ2n) is 5.60. The van der Waals surface area contributed by atoms with Gasteiger partial charge in [-0.15, -0.1) is 0 Å².